The summed E-state index contributed by atoms with van der Waals surface area (Å²) in [4.78, 5) is 0. The van der Waals surface area contributed by atoms with Crippen LogP contribution in [0.4, 0.5) is 5.69 Å². The molecular formula is C22H19N3OS. The predicted molar refractivity (Wildman–Crippen MR) is 113 cm³/mol. The smallest absolute Gasteiger partial charge is 0.194 e. The molecule has 5 heteroatoms. The van der Waals surface area contributed by atoms with Crippen LogP contribution in [0, 0.1) is 0 Å². The van der Waals surface area contributed by atoms with Gasteiger partial charge in [0.25, 0.3) is 0 Å². The zero-order valence-electron chi connectivity index (χ0n) is 14.6. The number of phenols is 1. The monoisotopic (exact) mass is 373 g/mol. The Balaban J connectivity index is 1.67. The topological polar surface area (TPSA) is 47.9 Å². The van der Waals surface area contributed by atoms with E-state index in [1.165, 1.54) is 0 Å². The van der Waals surface area contributed by atoms with Gasteiger partial charge in [-0.05, 0) is 42.0 Å². The molecule has 27 heavy (non-hydrogen) atoms. The molecule has 0 saturated carbocycles. The summed E-state index contributed by atoms with van der Waals surface area (Å²) in [5.41, 5.74) is 3.60. The molecule has 3 aromatic carbocycles. The summed E-state index contributed by atoms with van der Waals surface area (Å²) in [6, 6.07) is 27.2. The molecule has 1 aliphatic heterocycles. The summed E-state index contributed by atoms with van der Waals surface area (Å²) in [6.45, 7) is 0. The van der Waals surface area contributed by atoms with Gasteiger partial charge in [0.05, 0.1) is 11.8 Å². The van der Waals surface area contributed by atoms with E-state index in [2.05, 4.69) is 17.4 Å². The van der Waals surface area contributed by atoms with Crippen LogP contribution in [0.2, 0.25) is 0 Å². The fourth-order valence-corrected chi connectivity index (χ4v) is 3.50. The average Bonchev–Trinajstić information content (AvgIpc) is 3.15. The van der Waals surface area contributed by atoms with Gasteiger partial charge in [0.15, 0.2) is 5.11 Å². The van der Waals surface area contributed by atoms with Gasteiger partial charge in [0.2, 0.25) is 0 Å². The quantitative estimate of drug-likeness (QED) is 0.639. The maximum absolute atomic E-state index is 10.2. The lowest BCUT2D eigenvalue weighted by atomic mass is 9.98. The molecule has 2 N–H and O–H groups in total. The van der Waals surface area contributed by atoms with Crippen molar-refractivity contribution in [2.45, 2.75) is 12.5 Å². The largest absolute Gasteiger partial charge is 0.507 e. The van der Waals surface area contributed by atoms with Crippen LogP contribution < -0.4 is 5.32 Å². The second-order valence-electron chi connectivity index (χ2n) is 6.34. The molecule has 0 aliphatic carbocycles. The average molecular weight is 373 g/mol. The first-order valence-electron chi connectivity index (χ1n) is 8.78. The van der Waals surface area contributed by atoms with Crippen LogP contribution in [0.25, 0.3) is 0 Å². The highest BCUT2D eigenvalue weighted by Crippen LogP contribution is 2.35. The molecular weight excluding hydrogens is 354 g/mol. The number of para-hydroxylation sites is 2. The number of hydrogen-bond donors (Lipinski definition) is 2. The van der Waals surface area contributed by atoms with Gasteiger partial charge in [0.1, 0.15) is 5.75 Å². The van der Waals surface area contributed by atoms with Crippen LogP contribution in [0.1, 0.15) is 23.6 Å². The molecule has 1 atom stereocenters. The third kappa shape index (κ3) is 3.68. The van der Waals surface area contributed by atoms with Gasteiger partial charge < -0.3 is 10.4 Å². The van der Waals surface area contributed by atoms with Crippen molar-refractivity contribution in [3.05, 3.63) is 96.1 Å². The third-order valence-electron chi connectivity index (χ3n) is 4.54. The van der Waals surface area contributed by atoms with Gasteiger partial charge in [-0.25, -0.2) is 5.01 Å². The van der Waals surface area contributed by atoms with E-state index in [-0.39, 0.29) is 11.8 Å². The van der Waals surface area contributed by atoms with Gasteiger partial charge >= 0.3 is 0 Å². The number of rotatable bonds is 3. The lowest BCUT2D eigenvalue weighted by Crippen LogP contribution is -2.31. The highest BCUT2D eigenvalue weighted by Gasteiger charge is 2.32. The van der Waals surface area contributed by atoms with Crippen molar-refractivity contribution in [2.75, 3.05) is 5.32 Å². The summed E-state index contributed by atoms with van der Waals surface area (Å²) in [7, 11) is 0. The SMILES string of the molecule is Oc1ccccc1C1=NN(C(=S)Nc2ccccc2)[C@H](c2ccccc2)C1. The van der Waals surface area contributed by atoms with E-state index in [4.69, 9.17) is 17.3 Å². The summed E-state index contributed by atoms with van der Waals surface area (Å²) < 4.78 is 0. The van der Waals surface area contributed by atoms with Gasteiger partial charge in [0, 0.05) is 17.7 Å². The van der Waals surface area contributed by atoms with E-state index >= 15 is 0 Å². The van der Waals surface area contributed by atoms with E-state index < -0.39 is 0 Å². The third-order valence-corrected chi connectivity index (χ3v) is 4.83. The predicted octanol–water partition coefficient (Wildman–Crippen LogP) is 4.94. The Bertz CT molecular complexity index is 973. The fraction of sp³-hybridized carbons (Fsp3) is 0.0909. The molecule has 0 fully saturated rings. The Morgan fingerprint density at radius 3 is 2.26 bits per heavy atom. The minimum Gasteiger partial charge on any atom is -0.507 e. The van der Waals surface area contributed by atoms with Crippen molar-refractivity contribution < 1.29 is 5.11 Å². The van der Waals surface area contributed by atoms with Gasteiger partial charge in [-0.3, -0.25) is 0 Å². The van der Waals surface area contributed by atoms with Gasteiger partial charge in [-0.2, -0.15) is 5.10 Å². The van der Waals surface area contributed by atoms with Gasteiger partial charge in [-0.15, -0.1) is 0 Å². The fourth-order valence-electron chi connectivity index (χ4n) is 3.22. The maximum atomic E-state index is 10.2. The van der Waals surface area contributed by atoms with E-state index in [1.807, 2.05) is 71.7 Å². The van der Waals surface area contributed by atoms with Crippen molar-refractivity contribution in [1.82, 2.24) is 5.01 Å². The molecule has 1 heterocycles. The molecule has 3 aromatic rings. The van der Waals surface area contributed by atoms with Crippen LogP contribution in [0.15, 0.2) is 90.0 Å². The standard InChI is InChI=1S/C22H19N3OS/c26-21-14-8-7-13-18(21)19-15-20(16-9-3-1-4-10-16)25(24-19)22(27)23-17-11-5-2-6-12-17/h1-14,20,26H,15H2,(H,23,27)/t20-/m0/s1. The zero-order valence-corrected chi connectivity index (χ0v) is 15.4. The van der Waals surface area contributed by atoms with Crippen molar-refractivity contribution in [2.24, 2.45) is 5.10 Å². The lowest BCUT2D eigenvalue weighted by Gasteiger charge is -2.24. The van der Waals surface area contributed by atoms with Crippen LogP contribution in [-0.4, -0.2) is 20.9 Å². The lowest BCUT2D eigenvalue weighted by molar-refractivity contribution is 0.375. The summed E-state index contributed by atoms with van der Waals surface area (Å²) in [5.74, 6) is 0.229. The zero-order chi connectivity index (χ0) is 18.6. The first-order chi connectivity index (χ1) is 13.2. The number of nitrogens with zero attached hydrogens (tertiary/aromatic N) is 2. The summed E-state index contributed by atoms with van der Waals surface area (Å²) >= 11 is 5.65. The van der Waals surface area contributed by atoms with Crippen LogP contribution >= 0.6 is 12.2 Å². The highest BCUT2D eigenvalue weighted by atomic mass is 32.1. The molecule has 0 radical (unpaired) electrons. The Morgan fingerprint density at radius 2 is 1.56 bits per heavy atom. The number of phenolic OH excluding ortho intramolecular Hbond substituents is 1. The maximum Gasteiger partial charge on any atom is 0.194 e. The molecule has 0 bridgehead atoms. The minimum atomic E-state index is -0.0236. The molecule has 0 unspecified atom stereocenters. The number of hydrazone groups is 1. The molecule has 1 aliphatic rings. The van der Waals surface area contributed by atoms with Crippen LogP contribution in [0.3, 0.4) is 0 Å². The Morgan fingerprint density at radius 1 is 0.926 bits per heavy atom. The number of anilines is 1. The molecule has 0 aromatic heterocycles. The minimum absolute atomic E-state index is 0.0236. The summed E-state index contributed by atoms with van der Waals surface area (Å²) in [6.07, 6.45) is 0.665. The molecule has 0 saturated heterocycles. The highest BCUT2D eigenvalue weighted by molar-refractivity contribution is 7.80. The van der Waals surface area contributed by atoms with Crippen molar-refractivity contribution in [3.8, 4) is 5.75 Å². The molecule has 4 rings (SSSR count). The molecule has 4 nitrogen and oxygen atoms in total. The van der Waals surface area contributed by atoms with E-state index in [0.29, 0.717) is 11.5 Å². The van der Waals surface area contributed by atoms with E-state index in [0.717, 1.165) is 22.5 Å². The summed E-state index contributed by atoms with van der Waals surface area (Å²) in [5, 5.41) is 20.6. The molecule has 0 spiro atoms. The first-order valence-corrected chi connectivity index (χ1v) is 9.19. The van der Waals surface area contributed by atoms with Crippen molar-refractivity contribution >= 4 is 28.7 Å². The van der Waals surface area contributed by atoms with Crippen molar-refractivity contribution in [1.29, 1.82) is 0 Å². The van der Waals surface area contributed by atoms with Crippen LogP contribution in [-0.2, 0) is 0 Å². The van der Waals surface area contributed by atoms with E-state index in [1.54, 1.807) is 6.07 Å². The first kappa shape index (κ1) is 17.2. The normalized spacial score (nSPS) is 16.1. The second-order valence-corrected chi connectivity index (χ2v) is 6.72. The van der Waals surface area contributed by atoms with Crippen LogP contribution in [0.5, 0.6) is 5.75 Å². The number of aromatic hydroxyl groups is 1. The Hall–Kier alpha value is -3.18. The number of thiocarbonyl (C=S) groups is 1. The van der Waals surface area contributed by atoms with Crippen molar-refractivity contribution in [3.63, 3.8) is 0 Å². The number of nitrogens with one attached hydrogen (secondary N) is 1. The second kappa shape index (κ2) is 7.60. The molecule has 0 amide bonds. The van der Waals surface area contributed by atoms with E-state index in [9.17, 15) is 5.11 Å². The number of benzene rings is 3. The molecule has 134 valence electrons. The van der Waals surface area contributed by atoms with Gasteiger partial charge in [-0.1, -0.05) is 60.7 Å². The Kier molecular flexibility index (Phi) is 4.85. The number of hydrogen-bond acceptors (Lipinski definition) is 3. The Labute approximate surface area is 163 Å².